The van der Waals surface area contributed by atoms with Crippen molar-refractivity contribution in [3.05, 3.63) is 81.6 Å². The molecule has 1 N–H and O–H groups in total. The Bertz CT molecular complexity index is 1620. The van der Waals surface area contributed by atoms with Gasteiger partial charge in [0.2, 0.25) is 10.0 Å². The van der Waals surface area contributed by atoms with Crippen LogP contribution in [0.2, 0.25) is 0 Å². The van der Waals surface area contributed by atoms with Crippen LogP contribution >= 0.6 is 0 Å². The summed E-state index contributed by atoms with van der Waals surface area (Å²) in [6, 6.07) is 9.49. The third-order valence-corrected chi connectivity index (χ3v) is 8.48. The van der Waals surface area contributed by atoms with Crippen LogP contribution < -0.4 is 5.32 Å². The van der Waals surface area contributed by atoms with E-state index in [0.717, 1.165) is 5.69 Å². The van der Waals surface area contributed by atoms with Crippen molar-refractivity contribution in [2.24, 2.45) is 7.05 Å². The summed E-state index contributed by atoms with van der Waals surface area (Å²) >= 11 is 0. The summed E-state index contributed by atoms with van der Waals surface area (Å²) in [7, 11) is -2.20. The first-order valence-electron chi connectivity index (χ1n) is 11.1. The average Bonchev–Trinajstić information content (AvgIpc) is 3.46. The third-order valence-electron chi connectivity index (χ3n) is 6.52. The topological polar surface area (TPSA) is 145 Å². The van der Waals surface area contributed by atoms with Crippen molar-refractivity contribution < 1.29 is 18.1 Å². The number of hydrogen-bond donors (Lipinski definition) is 1. The quantitative estimate of drug-likeness (QED) is 0.309. The van der Waals surface area contributed by atoms with E-state index in [0.29, 0.717) is 23.2 Å². The van der Waals surface area contributed by atoms with Gasteiger partial charge < -0.3 is 9.88 Å². The molecule has 0 saturated heterocycles. The number of nitro groups is 1. The monoisotopic (exact) mass is 509 g/mol. The summed E-state index contributed by atoms with van der Waals surface area (Å²) in [4.78, 5) is 28.1. The van der Waals surface area contributed by atoms with Gasteiger partial charge in [-0.1, -0.05) is 6.07 Å². The molecular weight excluding hydrogens is 486 g/mol. The van der Waals surface area contributed by atoms with Gasteiger partial charge in [0.25, 0.3) is 11.6 Å². The number of nitrogens with one attached hydrogen (secondary N) is 1. The zero-order valence-corrected chi connectivity index (χ0v) is 20.4. The average molecular weight is 510 g/mol. The van der Waals surface area contributed by atoms with Crippen molar-refractivity contribution in [1.29, 1.82) is 0 Å². The highest BCUT2D eigenvalue weighted by Crippen LogP contribution is 2.28. The second-order valence-electron chi connectivity index (χ2n) is 8.51. The lowest BCUT2D eigenvalue weighted by atomic mass is 10.1. The molecule has 186 valence electrons. The zero-order valence-electron chi connectivity index (χ0n) is 19.6. The maximum Gasteiger partial charge on any atom is 0.295 e. The number of aromatic nitrogens is 4. The molecule has 0 bridgehead atoms. The summed E-state index contributed by atoms with van der Waals surface area (Å²) in [6.07, 6.45) is 3.12. The molecule has 0 radical (unpaired) electrons. The summed E-state index contributed by atoms with van der Waals surface area (Å²) in [5, 5.41) is 18.9. The number of fused-ring (bicyclic) bond motifs is 2. The van der Waals surface area contributed by atoms with E-state index in [2.05, 4.69) is 15.4 Å². The van der Waals surface area contributed by atoms with Crippen LogP contribution in [0.1, 0.15) is 27.4 Å². The first kappa shape index (κ1) is 23.6. The van der Waals surface area contributed by atoms with Crippen LogP contribution in [0.5, 0.6) is 0 Å². The molecule has 5 rings (SSSR count). The molecule has 1 aliphatic rings. The van der Waals surface area contributed by atoms with E-state index in [1.54, 1.807) is 53.7 Å². The van der Waals surface area contributed by atoms with Crippen molar-refractivity contribution in [3.8, 4) is 0 Å². The van der Waals surface area contributed by atoms with Crippen LogP contribution in [0, 0.1) is 17.0 Å². The lowest BCUT2D eigenvalue weighted by Gasteiger charge is -2.26. The highest BCUT2D eigenvalue weighted by atomic mass is 32.2. The molecule has 13 heteroatoms. The highest BCUT2D eigenvalue weighted by molar-refractivity contribution is 7.89. The lowest BCUT2D eigenvalue weighted by Crippen LogP contribution is -2.38. The zero-order chi connectivity index (χ0) is 25.6. The Morgan fingerprint density at radius 3 is 2.78 bits per heavy atom. The molecule has 4 heterocycles. The van der Waals surface area contributed by atoms with Crippen molar-refractivity contribution in [2.45, 2.75) is 31.5 Å². The van der Waals surface area contributed by atoms with Crippen molar-refractivity contribution in [3.63, 3.8) is 0 Å². The minimum Gasteiger partial charge on any atom is -0.347 e. The molecule has 1 aliphatic heterocycles. The fraction of sp³-hybridized carbons (Fsp3) is 0.261. The van der Waals surface area contributed by atoms with Crippen LogP contribution in [0.25, 0.3) is 10.9 Å². The molecular formula is C23H23N7O5S. The molecule has 3 aromatic heterocycles. The number of carbonyl (C=O) groups excluding carboxylic acids is 1. The van der Waals surface area contributed by atoms with Crippen LogP contribution in [0.3, 0.4) is 0 Å². The largest absolute Gasteiger partial charge is 0.347 e. The Kier molecular flexibility index (Phi) is 5.80. The van der Waals surface area contributed by atoms with Gasteiger partial charge in [0.05, 0.1) is 23.7 Å². The molecule has 0 atom stereocenters. The van der Waals surface area contributed by atoms with Gasteiger partial charge in [-0.25, -0.2) is 13.4 Å². The minimum absolute atomic E-state index is 0.0769. The number of hydrogen-bond acceptors (Lipinski definition) is 7. The van der Waals surface area contributed by atoms with Gasteiger partial charge in [0.15, 0.2) is 0 Å². The molecule has 0 aliphatic carbocycles. The van der Waals surface area contributed by atoms with Crippen molar-refractivity contribution in [1.82, 2.24) is 29.0 Å². The molecule has 0 fully saturated rings. The summed E-state index contributed by atoms with van der Waals surface area (Å²) in [5.41, 5.74) is 2.22. The second kappa shape index (κ2) is 8.84. The summed E-state index contributed by atoms with van der Waals surface area (Å²) < 4.78 is 31.6. The predicted molar refractivity (Wildman–Crippen MR) is 130 cm³/mol. The molecule has 1 aromatic carbocycles. The minimum atomic E-state index is -3.84. The molecule has 0 unspecified atom stereocenters. The molecule has 0 saturated carbocycles. The summed E-state index contributed by atoms with van der Waals surface area (Å²) in [5.74, 6) is -0.464. The van der Waals surface area contributed by atoms with Gasteiger partial charge in [0, 0.05) is 49.7 Å². The Labute approximate surface area is 206 Å². The Hall–Kier alpha value is -4.10. The van der Waals surface area contributed by atoms with E-state index in [4.69, 9.17) is 0 Å². The first-order valence-corrected chi connectivity index (χ1v) is 12.6. The van der Waals surface area contributed by atoms with Crippen LogP contribution in [0.15, 0.2) is 53.7 Å². The van der Waals surface area contributed by atoms with E-state index >= 15 is 0 Å². The van der Waals surface area contributed by atoms with Gasteiger partial charge in [-0.3, -0.25) is 19.6 Å². The highest BCUT2D eigenvalue weighted by Gasteiger charge is 2.32. The van der Waals surface area contributed by atoms with E-state index in [1.807, 2.05) is 0 Å². The van der Waals surface area contributed by atoms with E-state index in [1.165, 1.54) is 22.6 Å². The van der Waals surface area contributed by atoms with Gasteiger partial charge in [-0.15, -0.1) is 0 Å². The van der Waals surface area contributed by atoms with Gasteiger partial charge >= 0.3 is 0 Å². The Morgan fingerprint density at radius 2 is 2.00 bits per heavy atom. The number of sulfonamides is 1. The Morgan fingerprint density at radius 1 is 1.19 bits per heavy atom. The maximum atomic E-state index is 13.4. The van der Waals surface area contributed by atoms with E-state index in [9.17, 15) is 23.3 Å². The third kappa shape index (κ3) is 3.91. The fourth-order valence-corrected chi connectivity index (χ4v) is 6.11. The maximum absolute atomic E-state index is 13.4. The predicted octanol–water partition coefficient (Wildman–Crippen LogP) is 2.12. The first-order chi connectivity index (χ1) is 17.2. The van der Waals surface area contributed by atoms with E-state index in [-0.39, 0.29) is 41.4 Å². The van der Waals surface area contributed by atoms with Gasteiger partial charge in [-0.2, -0.15) is 9.40 Å². The number of nitrogens with zero attached hydrogens (tertiary/aromatic N) is 6. The number of carbonyl (C=O) groups is 1. The van der Waals surface area contributed by atoms with Crippen LogP contribution in [-0.2, 0) is 36.7 Å². The number of nitro benzene ring substituents is 1. The summed E-state index contributed by atoms with van der Waals surface area (Å²) in [6.45, 7) is 2.70. The molecule has 0 spiro atoms. The smallest absolute Gasteiger partial charge is 0.295 e. The van der Waals surface area contributed by atoms with Gasteiger partial charge in [-0.05, 0) is 36.8 Å². The fourth-order valence-electron chi connectivity index (χ4n) is 4.44. The number of pyridine rings is 1. The lowest BCUT2D eigenvalue weighted by molar-refractivity contribution is -0.383. The standard InChI is InChI=1S/C23H23N7O5S/c1-15-21(36(34,35)28-10-11-29-17(14-28)7-9-26-29)12-20(27(15)2)23(31)25-13-16-5-6-19(30(32)33)22-18(16)4-3-8-24-22/h3-9,12H,10-11,13-14H2,1-2H3,(H,25,31). The van der Waals surface area contributed by atoms with E-state index < -0.39 is 20.9 Å². The number of benzene rings is 1. The molecule has 4 aromatic rings. The Balaban J connectivity index is 1.39. The molecule has 12 nitrogen and oxygen atoms in total. The SMILES string of the molecule is Cc1c(S(=O)(=O)N2CCn3nccc3C2)cc(C(=O)NCc2ccc([N+](=O)[O-])c3ncccc23)n1C. The molecule has 36 heavy (non-hydrogen) atoms. The van der Waals surface area contributed by atoms with Crippen molar-refractivity contribution >= 4 is 32.5 Å². The van der Waals surface area contributed by atoms with Crippen LogP contribution in [-0.4, -0.2) is 49.4 Å². The normalized spacial score (nSPS) is 14.1. The molecule has 1 amide bonds. The van der Waals surface area contributed by atoms with Crippen molar-refractivity contribution in [2.75, 3.05) is 6.54 Å². The second-order valence-corrected chi connectivity index (χ2v) is 10.4. The number of rotatable bonds is 6. The number of amides is 1. The number of non-ortho nitro benzene ring substituents is 1. The van der Waals surface area contributed by atoms with Gasteiger partial charge in [0.1, 0.15) is 16.1 Å². The van der Waals surface area contributed by atoms with Crippen LogP contribution in [0.4, 0.5) is 5.69 Å².